The van der Waals surface area contributed by atoms with E-state index in [4.69, 9.17) is 38.5 Å². The van der Waals surface area contributed by atoms with Crippen molar-refractivity contribution in [1.82, 2.24) is 0 Å². The second-order valence-corrected chi connectivity index (χ2v) is 10.6. The Balaban J connectivity index is 2.49. The summed E-state index contributed by atoms with van der Waals surface area (Å²) in [5, 5.41) is 0. The highest BCUT2D eigenvalue weighted by atomic mass is 31.2. The summed E-state index contributed by atoms with van der Waals surface area (Å²) < 4.78 is 52.4. The maximum atomic E-state index is 13.1. The van der Waals surface area contributed by atoms with Crippen LogP contribution in [-0.4, -0.2) is 68.0 Å². The first-order valence-electron chi connectivity index (χ1n) is 12.0. The van der Waals surface area contributed by atoms with Crippen LogP contribution in [0.4, 0.5) is 5.69 Å². The van der Waals surface area contributed by atoms with Gasteiger partial charge in [0.05, 0.1) is 19.4 Å². The summed E-state index contributed by atoms with van der Waals surface area (Å²) in [6.07, 6.45) is -6.16. The van der Waals surface area contributed by atoms with E-state index in [1.807, 2.05) is 0 Å². The highest BCUT2D eigenvalue weighted by molar-refractivity contribution is 7.53. The zero-order valence-electron chi connectivity index (χ0n) is 22.0. The zero-order valence-corrected chi connectivity index (χ0v) is 22.9. The molecule has 5 atom stereocenters. The van der Waals surface area contributed by atoms with Crippen molar-refractivity contribution in [3.05, 3.63) is 23.8 Å². The Bertz CT molecular complexity index is 991. The van der Waals surface area contributed by atoms with Gasteiger partial charge < -0.3 is 38.5 Å². The topological polar surface area (TPSA) is 159 Å². The molecule has 1 aliphatic heterocycles. The molecule has 1 aromatic rings. The molecular formula is C24H36NO11P. The first-order chi connectivity index (χ1) is 17.4. The van der Waals surface area contributed by atoms with Crippen LogP contribution in [0.15, 0.2) is 18.2 Å². The molecule has 1 aromatic carbocycles. The Morgan fingerprint density at radius 3 is 1.97 bits per heavy atom. The lowest BCUT2D eigenvalue weighted by Gasteiger charge is -2.44. The largest absolute Gasteiger partial charge is 0.460 e. The van der Waals surface area contributed by atoms with E-state index in [9.17, 15) is 18.9 Å². The molecule has 1 fully saturated rings. The number of anilines is 1. The van der Waals surface area contributed by atoms with Gasteiger partial charge >= 0.3 is 25.5 Å². The number of benzene rings is 1. The maximum absolute atomic E-state index is 13.1. The first-order valence-corrected chi connectivity index (χ1v) is 13.7. The predicted octanol–water partition coefficient (Wildman–Crippen LogP) is 3.13. The van der Waals surface area contributed by atoms with E-state index in [1.54, 1.807) is 39.0 Å². The van der Waals surface area contributed by atoms with Crippen LogP contribution in [0.1, 0.15) is 46.6 Å². The van der Waals surface area contributed by atoms with Gasteiger partial charge in [-0.05, 0) is 51.0 Å². The molecule has 0 aromatic heterocycles. The van der Waals surface area contributed by atoms with Gasteiger partial charge in [-0.15, -0.1) is 0 Å². The number of hydrogen-bond acceptors (Lipinski definition) is 12. The second kappa shape index (κ2) is 13.8. The van der Waals surface area contributed by atoms with Crippen LogP contribution in [0.25, 0.3) is 0 Å². The SMILES string of the molecule is CCOP(=O)(CCC1OC(Oc2ccc(N)cc2C)C(OC(C)=O)C(OC(C)=O)C1OC(C)=O)OCC. The smallest absolute Gasteiger partial charge is 0.330 e. The van der Waals surface area contributed by atoms with Gasteiger partial charge in [-0.25, -0.2) is 0 Å². The molecule has 0 bridgehead atoms. The zero-order chi connectivity index (χ0) is 27.8. The monoisotopic (exact) mass is 545 g/mol. The Kier molecular flexibility index (Phi) is 11.4. The Labute approximate surface area is 216 Å². The number of nitrogen functional groups attached to an aromatic ring is 1. The molecule has 1 heterocycles. The lowest BCUT2D eigenvalue weighted by molar-refractivity contribution is -0.283. The number of esters is 3. The van der Waals surface area contributed by atoms with Crippen molar-refractivity contribution in [2.24, 2.45) is 0 Å². The lowest BCUT2D eigenvalue weighted by Crippen LogP contribution is -2.62. The summed E-state index contributed by atoms with van der Waals surface area (Å²) in [4.78, 5) is 36.0. The molecule has 13 heteroatoms. The number of carbonyl (C=O) groups is 3. The highest BCUT2D eigenvalue weighted by Gasteiger charge is 2.53. The average molecular weight is 546 g/mol. The molecule has 12 nitrogen and oxygen atoms in total. The van der Waals surface area contributed by atoms with Gasteiger partial charge in [-0.2, -0.15) is 0 Å². The fraction of sp³-hybridized carbons (Fsp3) is 0.625. The Morgan fingerprint density at radius 1 is 0.919 bits per heavy atom. The number of rotatable bonds is 12. The third-order valence-electron chi connectivity index (χ3n) is 5.28. The van der Waals surface area contributed by atoms with Gasteiger partial charge in [0.25, 0.3) is 0 Å². The fourth-order valence-corrected chi connectivity index (χ4v) is 5.65. The van der Waals surface area contributed by atoms with Gasteiger partial charge in [-0.3, -0.25) is 18.9 Å². The van der Waals surface area contributed by atoms with Crippen LogP contribution < -0.4 is 10.5 Å². The predicted molar refractivity (Wildman–Crippen MR) is 132 cm³/mol. The third-order valence-corrected chi connectivity index (χ3v) is 7.39. The van der Waals surface area contributed by atoms with Crippen LogP contribution >= 0.6 is 7.60 Å². The maximum Gasteiger partial charge on any atom is 0.330 e. The van der Waals surface area contributed by atoms with Crippen LogP contribution in [0.3, 0.4) is 0 Å². The summed E-state index contributed by atoms with van der Waals surface area (Å²) >= 11 is 0. The van der Waals surface area contributed by atoms with Crippen LogP contribution in [0.2, 0.25) is 0 Å². The van der Waals surface area contributed by atoms with Crippen molar-refractivity contribution >= 4 is 31.2 Å². The van der Waals surface area contributed by atoms with Crippen LogP contribution in [0.5, 0.6) is 5.75 Å². The summed E-state index contributed by atoms with van der Waals surface area (Å²) in [6, 6.07) is 4.92. The fourth-order valence-electron chi connectivity index (χ4n) is 3.96. The minimum atomic E-state index is -3.50. The molecule has 0 radical (unpaired) electrons. The minimum absolute atomic E-state index is 0.0142. The summed E-state index contributed by atoms with van der Waals surface area (Å²) in [5.74, 6) is -1.73. The summed E-state index contributed by atoms with van der Waals surface area (Å²) in [5.41, 5.74) is 7.02. The van der Waals surface area contributed by atoms with E-state index in [0.29, 0.717) is 17.0 Å². The molecule has 2 N–H and O–H groups in total. The van der Waals surface area contributed by atoms with E-state index in [-0.39, 0.29) is 25.8 Å². The molecule has 0 aliphatic carbocycles. The van der Waals surface area contributed by atoms with Gasteiger partial charge in [0, 0.05) is 26.5 Å². The number of carbonyl (C=O) groups excluding carboxylic acids is 3. The van der Waals surface area contributed by atoms with Crippen molar-refractivity contribution in [3.63, 3.8) is 0 Å². The third kappa shape index (κ3) is 8.99. The second-order valence-electron chi connectivity index (χ2n) is 8.37. The Morgan fingerprint density at radius 2 is 1.46 bits per heavy atom. The average Bonchev–Trinajstić information content (AvgIpc) is 2.77. The molecule has 0 spiro atoms. The number of nitrogens with two attached hydrogens (primary N) is 1. The molecule has 1 aliphatic rings. The standard InChI is InChI=1S/C24H36NO11P/c1-7-30-37(29,31-8-2)12-11-20-21(32-15(4)26)22(33-16(5)27)23(34-17(6)28)24(36-20)35-19-10-9-18(25)13-14(19)3/h9-10,13,20-24H,7-8,11-12,25H2,1-6H3. The minimum Gasteiger partial charge on any atom is -0.460 e. The first kappa shape index (κ1) is 30.6. The van der Waals surface area contributed by atoms with Crippen molar-refractivity contribution in [2.75, 3.05) is 25.1 Å². The lowest BCUT2D eigenvalue weighted by atomic mass is 9.96. The highest BCUT2D eigenvalue weighted by Crippen LogP contribution is 2.49. The van der Waals surface area contributed by atoms with Gasteiger partial charge in [-0.1, -0.05) is 0 Å². The molecule has 1 saturated heterocycles. The molecule has 208 valence electrons. The van der Waals surface area contributed by atoms with Gasteiger partial charge in [0.1, 0.15) is 11.9 Å². The van der Waals surface area contributed by atoms with Gasteiger partial charge in [0.2, 0.25) is 12.4 Å². The molecule has 37 heavy (non-hydrogen) atoms. The number of hydrogen-bond donors (Lipinski definition) is 1. The quantitative estimate of drug-likeness (QED) is 0.177. The normalized spacial score (nSPS) is 23.7. The molecular weight excluding hydrogens is 509 g/mol. The van der Waals surface area contributed by atoms with E-state index in [2.05, 4.69) is 0 Å². The van der Waals surface area contributed by atoms with E-state index < -0.39 is 56.2 Å². The van der Waals surface area contributed by atoms with E-state index >= 15 is 0 Å². The van der Waals surface area contributed by atoms with E-state index in [1.165, 1.54) is 20.8 Å². The summed E-state index contributed by atoms with van der Waals surface area (Å²) in [7, 11) is -3.50. The summed E-state index contributed by atoms with van der Waals surface area (Å²) in [6.45, 7) is 8.95. The van der Waals surface area contributed by atoms with Gasteiger partial charge in [0.15, 0.2) is 12.2 Å². The molecule has 0 amide bonds. The molecule has 5 unspecified atom stereocenters. The van der Waals surface area contributed by atoms with E-state index in [0.717, 1.165) is 0 Å². The molecule has 0 saturated carbocycles. The van der Waals surface area contributed by atoms with Crippen molar-refractivity contribution < 1.29 is 51.7 Å². The number of ether oxygens (including phenoxy) is 5. The Hall–Kier alpha value is -2.66. The molecule has 2 rings (SSSR count). The van der Waals surface area contributed by atoms with Crippen LogP contribution in [0, 0.1) is 6.92 Å². The van der Waals surface area contributed by atoms with Crippen molar-refractivity contribution in [2.45, 2.75) is 78.7 Å². The number of aryl methyl sites for hydroxylation is 1. The van der Waals surface area contributed by atoms with Crippen LogP contribution in [-0.2, 0) is 46.9 Å². The van der Waals surface area contributed by atoms with Crippen molar-refractivity contribution in [1.29, 1.82) is 0 Å². The van der Waals surface area contributed by atoms with Crippen molar-refractivity contribution in [3.8, 4) is 5.75 Å².